The molecule has 0 aromatic carbocycles. The maximum absolute atomic E-state index is 8.87. The highest BCUT2D eigenvalue weighted by Gasteiger charge is 2.03. The second kappa shape index (κ2) is 3.78. The van der Waals surface area contributed by atoms with E-state index >= 15 is 0 Å². The lowest BCUT2D eigenvalue weighted by molar-refractivity contribution is 0.0667. The summed E-state index contributed by atoms with van der Waals surface area (Å²) in [5.74, 6) is 0.411. The predicted molar refractivity (Wildman–Crippen MR) is 44.4 cm³/mol. The fourth-order valence-electron chi connectivity index (χ4n) is 0.237. The highest BCUT2D eigenvalue weighted by molar-refractivity contribution is 14.1. The minimum Gasteiger partial charge on any atom is -0.281 e. The smallest absolute Gasteiger partial charge is 0.189 e. The molecule has 0 unspecified atom stereocenters. The number of nitrogens with one attached hydrogen (secondary N) is 1. The summed E-state index contributed by atoms with van der Waals surface area (Å²) in [7, 11) is 1.55. The van der Waals surface area contributed by atoms with Gasteiger partial charge in [0.15, 0.2) is 3.84 Å². The number of amidine groups is 2. The minimum atomic E-state index is 0.0377. The molecule has 0 saturated heterocycles. The Bertz CT molecular complexity index is 145. The molecule has 4 nitrogen and oxygen atoms in total. The zero-order chi connectivity index (χ0) is 7.44. The summed E-state index contributed by atoms with van der Waals surface area (Å²) in [4.78, 5) is 3.66. The molecule has 0 bridgehead atoms. The van der Waals surface area contributed by atoms with Crippen molar-refractivity contribution in [2.75, 3.05) is 7.05 Å². The normalized spacial score (nSPS) is 11.3. The first-order chi connectivity index (χ1) is 4.09. The highest BCUT2D eigenvalue weighted by Crippen LogP contribution is 1.94. The van der Waals surface area contributed by atoms with Gasteiger partial charge < -0.3 is 0 Å². The molecule has 52 valence electrons. The predicted octanol–water partition coefficient (Wildman–Crippen LogP) is 1.10. The van der Waals surface area contributed by atoms with Gasteiger partial charge in [0.25, 0.3) is 0 Å². The van der Waals surface area contributed by atoms with E-state index in [1.54, 1.807) is 36.6 Å². The van der Waals surface area contributed by atoms with Crippen LogP contribution in [0.1, 0.15) is 6.92 Å². The lowest BCUT2D eigenvalue weighted by Gasteiger charge is -2.10. The lowest BCUT2D eigenvalue weighted by Crippen LogP contribution is -2.27. The SMILES string of the molecule is CN=C(C)N(O)C(=N)I. The Hall–Kier alpha value is -0.170. The molecule has 2 N–H and O–H groups in total. The van der Waals surface area contributed by atoms with E-state index in [4.69, 9.17) is 10.6 Å². The summed E-state index contributed by atoms with van der Waals surface area (Å²) in [5, 5.41) is 16.5. The van der Waals surface area contributed by atoms with E-state index in [0.29, 0.717) is 10.9 Å². The number of hydrogen-bond donors (Lipinski definition) is 2. The van der Waals surface area contributed by atoms with E-state index in [1.165, 1.54) is 0 Å². The van der Waals surface area contributed by atoms with Crippen molar-refractivity contribution in [1.29, 1.82) is 5.41 Å². The fraction of sp³-hybridized carbons (Fsp3) is 0.500. The Morgan fingerprint density at radius 2 is 2.22 bits per heavy atom. The molecule has 0 spiro atoms. The van der Waals surface area contributed by atoms with E-state index in [-0.39, 0.29) is 3.84 Å². The topological polar surface area (TPSA) is 59.7 Å². The Morgan fingerprint density at radius 3 is 2.33 bits per heavy atom. The largest absolute Gasteiger partial charge is 0.281 e. The van der Waals surface area contributed by atoms with Gasteiger partial charge in [-0.1, -0.05) is 0 Å². The zero-order valence-corrected chi connectivity index (χ0v) is 7.38. The van der Waals surface area contributed by atoms with Crippen molar-refractivity contribution in [3.63, 3.8) is 0 Å². The van der Waals surface area contributed by atoms with Crippen molar-refractivity contribution < 1.29 is 5.21 Å². The van der Waals surface area contributed by atoms with E-state index in [2.05, 4.69) is 4.99 Å². The van der Waals surface area contributed by atoms with Gasteiger partial charge in [-0.2, -0.15) is 5.06 Å². The Kier molecular flexibility index (Phi) is 3.71. The molecule has 0 fully saturated rings. The quantitative estimate of drug-likeness (QED) is 0.219. The third-order valence-corrected chi connectivity index (χ3v) is 1.27. The number of aliphatic imine (C=N–C) groups is 1. The van der Waals surface area contributed by atoms with Gasteiger partial charge in [-0.3, -0.25) is 15.6 Å². The molecule has 0 radical (unpaired) electrons. The average Bonchev–Trinajstić information content (AvgIpc) is 1.84. The van der Waals surface area contributed by atoms with Gasteiger partial charge >= 0.3 is 0 Å². The molecule has 0 aliphatic heterocycles. The second-order valence-electron chi connectivity index (χ2n) is 1.37. The fourth-order valence-corrected chi connectivity index (χ4v) is 0.586. The van der Waals surface area contributed by atoms with Crippen LogP contribution in [0.2, 0.25) is 0 Å². The van der Waals surface area contributed by atoms with Gasteiger partial charge in [-0.15, -0.1) is 0 Å². The van der Waals surface area contributed by atoms with Gasteiger partial charge in [0.05, 0.1) is 0 Å². The summed E-state index contributed by atoms with van der Waals surface area (Å²) >= 11 is 1.69. The Morgan fingerprint density at radius 1 is 1.78 bits per heavy atom. The Balaban J connectivity index is 4.04. The van der Waals surface area contributed by atoms with Gasteiger partial charge in [0.2, 0.25) is 0 Å². The number of nitrogens with zero attached hydrogens (tertiary/aromatic N) is 2. The number of rotatable bonds is 0. The molecule has 0 atom stereocenters. The summed E-state index contributed by atoms with van der Waals surface area (Å²) < 4.78 is 0.0377. The summed E-state index contributed by atoms with van der Waals surface area (Å²) in [5.41, 5.74) is 0. The summed E-state index contributed by atoms with van der Waals surface area (Å²) in [6.45, 7) is 1.62. The van der Waals surface area contributed by atoms with Crippen LogP contribution in [0.4, 0.5) is 0 Å². The average molecular weight is 241 g/mol. The van der Waals surface area contributed by atoms with E-state index in [0.717, 1.165) is 0 Å². The van der Waals surface area contributed by atoms with Crippen LogP contribution < -0.4 is 0 Å². The zero-order valence-electron chi connectivity index (χ0n) is 5.22. The van der Waals surface area contributed by atoms with Crippen molar-refractivity contribution in [2.24, 2.45) is 4.99 Å². The number of hydrogen-bond acceptors (Lipinski definition) is 3. The van der Waals surface area contributed by atoms with Gasteiger partial charge in [0.1, 0.15) is 5.84 Å². The maximum atomic E-state index is 8.87. The van der Waals surface area contributed by atoms with Gasteiger partial charge in [0, 0.05) is 29.6 Å². The minimum absolute atomic E-state index is 0.0377. The van der Waals surface area contributed by atoms with Crippen LogP contribution in [-0.4, -0.2) is 27.0 Å². The first kappa shape index (κ1) is 8.83. The molecular formula is C4H8IN3O. The van der Waals surface area contributed by atoms with Crippen molar-refractivity contribution in [3.8, 4) is 0 Å². The van der Waals surface area contributed by atoms with E-state index < -0.39 is 0 Å². The third-order valence-electron chi connectivity index (χ3n) is 0.816. The van der Waals surface area contributed by atoms with Crippen LogP contribution >= 0.6 is 22.6 Å². The summed E-state index contributed by atoms with van der Waals surface area (Å²) in [6, 6.07) is 0. The van der Waals surface area contributed by atoms with Crippen molar-refractivity contribution in [2.45, 2.75) is 6.92 Å². The van der Waals surface area contributed by atoms with E-state index in [1.807, 2.05) is 0 Å². The molecule has 0 saturated carbocycles. The van der Waals surface area contributed by atoms with Gasteiger partial charge in [-0.05, 0) is 6.92 Å². The van der Waals surface area contributed by atoms with Crippen LogP contribution in [-0.2, 0) is 0 Å². The van der Waals surface area contributed by atoms with Gasteiger partial charge in [-0.25, -0.2) is 0 Å². The maximum Gasteiger partial charge on any atom is 0.189 e. The molecular weight excluding hydrogens is 233 g/mol. The third kappa shape index (κ3) is 2.75. The lowest BCUT2D eigenvalue weighted by atomic mass is 10.7. The molecule has 0 rings (SSSR count). The Labute approximate surface area is 67.2 Å². The molecule has 0 aliphatic carbocycles. The van der Waals surface area contributed by atoms with Crippen LogP contribution in [0.5, 0.6) is 0 Å². The first-order valence-electron chi connectivity index (χ1n) is 2.26. The number of hydroxylamine groups is 2. The molecule has 5 heteroatoms. The molecule has 9 heavy (non-hydrogen) atoms. The standard InChI is InChI=1S/C4H8IN3O/c1-3(7-2)8(9)4(5)6/h6,9H,1-2H3. The number of halogens is 1. The second-order valence-corrected chi connectivity index (χ2v) is 2.40. The molecule has 0 aromatic heterocycles. The van der Waals surface area contributed by atoms with Crippen LogP contribution in [0.25, 0.3) is 0 Å². The highest BCUT2D eigenvalue weighted by atomic mass is 127. The van der Waals surface area contributed by atoms with Crippen molar-refractivity contribution >= 4 is 32.3 Å². The van der Waals surface area contributed by atoms with Crippen LogP contribution in [0.3, 0.4) is 0 Å². The van der Waals surface area contributed by atoms with Crippen LogP contribution in [0, 0.1) is 5.41 Å². The molecule has 0 aromatic rings. The van der Waals surface area contributed by atoms with Crippen molar-refractivity contribution in [3.05, 3.63) is 0 Å². The first-order valence-corrected chi connectivity index (χ1v) is 3.34. The van der Waals surface area contributed by atoms with E-state index in [9.17, 15) is 0 Å². The summed E-state index contributed by atoms with van der Waals surface area (Å²) in [6.07, 6.45) is 0. The molecule has 0 heterocycles. The molecule has 0 amide bonds. The van der Waals surface area contributed by atoms with Crippen LogP contribution in [0.15, 0.2) is 4.99 Å². The van der Waals surface area contributed by atoms with Crippen molar-refractivity contribution in [1.82, 2.24) is 5.06 Å². The molecule has 0 aliphatic rings. The monoisotopic (exact) mass is 241 g/mol.